The molecule has 7 heteroatoms. The van der Waals surface area contributed by atoms with Crippen molar-refractivity contribution in [2.24, 2.45) is 0 Å². The van der Waals surface area contributed by atoms with E-state index in [9.17, 15) is 13.2 Å². The van der Waals surface area contributed by atoms with E-state index in [4.69, 9.17) is 0 Å². The lowest BCUT2D eigenvalue weighted by Crippen LogP contribution is -2.50. The second kappa shape index (κ2) is 9.41. The van der Waals surface area contributed by atoms with Crippen LogP contribution >= 0.6 is 11.8 Å². The molecule has 0 aliphatic carbocycles. The number of rotatable bonds is 6. The molecule has 0 radical (unpaired) electrons. The third-order valence-corrected chi connectivity index (χ3v) is 6.79. The maximum absolute atomic E-state index is 12.8. The van der Waals surface area contributed by atoms with Gasteiger partial charge in [-0.2, -0.15) is 16.1 Å². The van der Waals surface area contributed by atoms with Gasteiger partial charge in [0, 0.05) is 42.9 Å². The summed E-state index contributed by atoms with van der Waals surface area (Å²) in [4.78, 5) is 14.5. The van der Waals surface area contributed by atoms with Crippen molar-refractivity contribution in [2.75, 3.05) is 32.4 Å². The van der Waals surface area contributed by atoms with Crippen molar-refractivity contribution in [2.45, 2.75) is 5.75 Å². The van der Waals surface area contributed by atoms with Crippen molar-refractivity contribution in [3.05, 3.63) is 76.7 Å². The molecule has 28 heavy (non-hydrogen) atoms. The molecule has 0 N–H and O–H groups in total. The number of hydrogen-bond donors (Lipinski definition) is 0. The van der Waals surface area contributed by atoms with Crippen LogP contribution in [-0.4, -0.2) is 56.0 Å². The molecule has 5 nitrogen and oxygen atoms in total. The highest BCUT2D eigenvalue weighted by Gasteiger charge is 2.27. The molecule has 2 aromatic rings. The molecular formula is C21H24N2O3S2. The van der Waals surface area contributed by atoms with E-state index in [0.717, 1.165) is 16.9 Å². The molecule has 0 saturated carbocycles. The molecule has 0 unspecified atom stereocenters. The van der Waals surface area contributed by atoms with Gasteiger partial charge in [-0.05, 0) is 35.6 Å². The molecule has 1 heterocycles. The number of amides is 1. The summed E-state index contributed by atoms with van der Waals surface area (Å²) in [6.07, 6.45) is 3.63. The smallest absolute Gasteiger partial charge is 0.253 e. The van der Waals surface area contributed by atoms with Crippen LogP contribution in [0.15, 0.2) is 60.0 Å². The molecule has 1 aliphatic heterocycles. The van der Waals surface area contributed by atoms with E-state index in [1.54, 1.807) is 22.7 Å². The van der Waals surface area contributed by atoms with Crippen LogP contribution in [0.2, 0.25) is 0 Å². The number of benzene rings is 2. The van der Waals surface area contributed by atoms with Crippen molar-refractivity contribution >= 4 is 33.8 Å². The fraction of sp³-hybridized carbons (Fsp3) is 0.286. The first-order chi connectivity index (χ1) is 13.5. The summed E-state index contributed by atoms with van der Waals surface area (Å²) >= 11 is 1.71. The van der Waals surface area contributed by atoms with Gasteiger partial charge in [0.15, 0.2) is 0 Å². The van der Waals surface area contributed by atoms with Crippen LogP contribution in [0.5, 0.6) is 0 Å². The Labute approximate surface area is 171 Å². The largest absolute Gasteiger partial charge is 0.336 e. The molecule has 1 amide bonds. The Bertz CT molecular complexity index is 935. The van der Waals surface area contributed by atoms with Crippen LogP contribution in [0.3, 0.4) is 0 Å². The van der Waals surface area contributed by atoms with E-state index < -0.39 is 10.0 Å². The van der Waals surface area contributed by atoms with Crippen LogP contribution < -0.4 is 0 Å². The highest BCUT2D eigenvalue weighted by molar-refractivity contribution is 7.97. The maximum Gasteiger partial charge on any atom is 0.253 e. The molecular weight excluding hydrogens is 392 g/mol. The molecule has 148 valence electrons. The molecule has 0 atom stereocenters. The Hall–Kier alpha value is -2.09. The number of hydrogen-bond acceptors (Lipinski definition) is 4. The third-order valence-electron chi connectivity index (χ3n) is 4.60. The zero-order valence-electron chi connectivity index (χ0n) is 15.8. The average molecular weight is 417 g/mol. The summed E-state index contributed by atoms with van der Waals surface area (Å²) in [6, 6.07) is 17.0. The molecule has 1 aliphatic rings. The Morgan fingerprint density at radius 3 is 2.43 bits per heavy atom. The van der Waals surface area contributed by atoms with Crippen LogP contribution in [-0.2, 0) is 15.8 Å². The topological polar surface area (TPSA) is 57.7 Å². The summed E-state index contributed by atoms with van der Waals surface area (Å²) in [5.41, 5.74) is 2.61. The maximum atomic E-state index is 12.8. The normalized spacial score (nSPS) is 15.8. The first-order valence-corrected chi connectivity index (χ1v) is 12.0. The lowest BCUT2D eigenvalue weighted by Gasteiger charge is -2.33. The van der Waals surface area contributed by atoms with E-state index >= 15 is 0 Å². The highest BCUT2D eigenvalue weighted by Crippen LogP contribution is 2.16. The first-order valence-electron chi connectivity index (χ1n) is 9.10. The minimum absolute atomic E-state index is 0.0418. The predicted molar refractivity (Wildman–Crippen MR) is 116 cm³/mol. The first kappa shape index (κ1) is 20.6. The lowest BCUT2D eigenvalue weighted by atomic mass is 10.1. The SMILES string of the molecule is CSCc1cccc(C(=O)N2CCN(S(=O)(=O)/C=C/c3ccccc3)CC2)c1. The Kier molecular flexibility index (Phi) is 6.93. The van der Waals surface area contributed by atoms with Crippen molar-refractivity contribution in [3.63, 3.8) is 0 Å². The zero-order valence-corrected chi connectivity index (χ0v) is 17.5. The molecule has 0 spiro atoms. The molecule has 3 rings (SSSR count). The second-order valence-corrected chi connectivity index (χ2v) is 9.27. The average Bonchev–Trinajstić information content (AvgIpc) is 2.73. The Balaban J connectivity index is 1.61. The van der Waals surface area contributed by atoms with Gasteiger partial charge < -0.3 is 4.90 Å². The third kappa shape index (κ3) is 5.25. The highest BCUT2D eigenvalue weighted by atomic mass is 32.2. The predicted octanol–water partition coefficient (Wildman–Crippen LogP) is 3.31. The molecule has 2 aromatic carbocycles. The van der Waals surface area contributed by atoms with E-state index in [1.807, 2.05) is 60.9 Å². The van der Waals surface area contributed by atoms with Crippen LogP contribution in [0.25, 0.3) is 6.08 Å². The molecule has 0 aromatic heterocycles. The number of carbonyl (C=O) groups is 1. The fourth-order valence-corrected chi connectivity index (χ4v) is 4.79. The number of piperazine rings is 1. The number of carbonyl (C=O) groups excluding carboxylic acids is 1. The summed E-state index contributed by atoms with van der Waals surface area (Å²) < 4.78 is 26.5. The van der Waals surface area contributed by atoms with Gasteiger partial charge in [-0.3, -0.25) is 4.79 Å². The molecule has 0 bridgehead atoms. The van der Waals surface area contributed by atoms with Crippen molar-refractivity contribution in [1.82, 2.24) is 9.21 Å². The van der Waals surface area contributed by atoms with Crippen molar-refractivity contribution < 1.29 is 13.2 Å². The zero-order chi connectivity index (χ0) is 20.0. The van der Waals surface area contributed by atoms with Gasteiger partial charge in [-0.15, -0.1) is 0 Å². The summed E-state index contributed by atoms with van der Waals surface area (Å²) in [5.74, 6) is 0.820. The molecule has 1 saturated heterocycles. The van der Waals surface area contributed by atoms with Crippen molar-refractivity contribution in [3.8, 4) is 0 Å². The van der Waals surface area contributed by atoms with Gasteiger partial charge in [-0.25, -0.2) is 8.42 Å². The second-order valence-electron chi connectivity index (χ2n) is 6.58. The van der Waals surface area contributed by atoms with Crippen molar-refractivity contribution in [1.29, 1.82) is 0 Å². The standard InChI is InChI=1S/C21H24N2O3S2/c1-27-17-19-8-5-9-20(16-19)21(24)22-11-13-23(14-12-22)28(25,26)15-10-18-6-3-2-4-7-18/h2-10,15-16H,11-14,17H2,1H3/b15-10+. The lowest BCUT2D eigenvalue weighted by molar-refractivity contribution is 0.0698. The number of nitrogens with zero attached hydrogens (tertiary/aromatic N) is 2. The van der Waals surface area contributed by atoms with Gasteiger partial charge in [-0.1, -0.05) is 42.5 Å². The number of thioether (sulfide) groups is 1. The van der Waals surface area contributed by atoms with E-state index in [1.165, 1.54) is 9.71 Å². The van der Waals surface area contributed by atoms with Crippen LogP contribution in [0.4, 0.5) is 0 Å². The fourth-order valence-electron chi connectivity index (χ4n) is 3.10. The van der Waals surface area contributed by atoms with Gasteiger partial charge >= 0.3 is 0 Å². The summed E-state index contributed by atoms with van der Waals surface area (Å²) in [5, 5.41) is 1.24. The van der Waals surface area contributed by atoms with Gasteiger partial charge in [0.2, 0.25) is 10.0 Å². The summed E-state index contributed by atoms with van der Waals surface area (Å²) in [6.45, 7) is 1.39. The van der Waals surface area contributed by atoms with Crippen LogP contribution in [0, 0.1) is 0 Å². The monoisotopic (exact) mass is 416 g/mol. The van der Waals surface area contributed by atoms with Gasteiger partial charge in [0.1, 0.15) is 0 Å². The Morgan fingerprint density at radius 2 is 1.75 bits per heavy atom. The van der Waals surface area contributed by atoms with E-state index in [0.29, 0.717) is 31.7 Å². The van der Waals surface area contributed by atoms with Gasteiger partial charge in [0.25, 0.3) is 5.91 Å². The van der Waals surface area contributed by atoms with Crippen LogP contribution in [0.1, 0.15) is 21.5 Å². The van der Waals surface area contributed by atoms with Gasteiger partial charge in [0.05, 0.1) is 0 Å². The van der Waals surface area contributed by atoms with E-state index in [-0.39, 0.29) is 5.91 Å². The minimum Gasteiger partial charge on any atom is -0.336 e. The Morgan fingerprint density at radius 1 is 1.04 bits per heavy atom. The van der Waals surface area contributed by atoms with E-state index in [2.05, 4.69) is 0 Å². The minimum atomic E-state index is -3.50. The number of sulfonamides is 1. The quantitative estimate of drug-likeness (QED) is 0.725. The summed E-state index contributed by atoms with van der Waals surface area (Å²) in [7, 11) is -3.50. The molecule has 1 fully saturated rings.